The van der Waals surface area contributed by atoms with Crippen LogP contribution in [0, 0.1) is 5.82 Å². The molecule has 2 heterocycles. The number of nitrogens with one attached hydrogen (secondary N) is 2. The molecule has 0 spiro atoms. The topological polar surface area (TPSA) is 57.3 Å². The first-order valence-corrected chi connectivity index (χ1v) is 9.33. The van der Waals surface area contributed by atoms with Crippen LogP contribution in [0.5, 0.6) is 0 Å². The Morgan fingerprint density at radius 1 is 1.00 bits per heavy atom. The van der Waals surface area contributed by atoms with E-state index in [1.165, 1.54) is 30.7 Å². The van der Waals surface area contributed by atoms with E-state index < -0.39 is 5.82 Å². The first-order chi connectivity index (χ1) is 13.7. The van der Waals surface area contributed by atoms with Gasteiger partial charge in [-0.3, -0.25) is 4.79 Å². The van der Waals surface area contributed by atoms with Crippen LogP contribution in [0.1, 0.15) is 23.2 Å². The van der Waals surface area contributed by atoms with E-state index in [4.69, 9.17) is 0 Å². The van der Waals surface area contributed by atoms with Gasteiger partial charge in [0.2, 0.25) is 0 Å². The van der Waals surface area contributed by atoms with Crippen molar-refractivity contribution in [1.29, 1.82) is 0 Å². The summed E-state index contributed by atoms with van der Waals surface area (Å²) >= 11 is 0. The number of aromatic nitrogens is 1. The molecule has 0 atom stereocenters. The fraction of sp³-hybridized carbons (Fsp3) is 0.182. The molecule has 1 aromatic heterocycles. The van der Waals surface area contributed by atoms with Crippen LogP contribution in [0.2, 0.25) is 0 Å². The maximum atomic E-state index is 13.7. The molecule has 1 saturated heterocycles. The number of para-hydroxylation sites is 1. The highest BCUT2D eigenvalue weighted by Gasteiger charge is 2.12. The Hall–Kier alpha value is -3.41. The molecule has 0 bridgehead atoms. The second kappa shape index (κ2) is 8.08. The molecule has 6 heteroatoms. The van der Waals surface area contributed by atoms with Crippen molar-refractivity contribution in [3.05, 3.63) is 78.2 Å². The van der Waals surface area contributed by atoms with Gasteiger partial charge in [0.1, 0.15) is 11.6 Å². The molecule has 2 N–H and O–H groups in total. The van der Waals surface area contributed by atoms with Crippen LogP contribution >= 0.6 is 0 Å². The van der Waals surface area contributed by atoms with E-state index >= 15 is 0 Å². The van der Waals surface area contributed by atoms with Crippen molar-refractivity contribution in [3.8, 4) is 0 Å². The van der Waals surface area contributed by atoms with Crippen LogP contribution in [0.25, 0.3) is 0 Å². The fourth-order valence-corrected chi connectivity index (χ4v) is 3.28. The average Bonchev–Trinajstić information content (AvgIpc) is 3.25. The van der Waals surface area contributed by atoms with E-state index in [1.807, 2.05) is 12.1 Å². The van der Waals surface area contributed by atoms with Crippen molar-refractivity contribution in [3.63, 3.8) is 0 Å². The Kier molecular flexibility index (Phi) is 5.19. The summed E-state index contributed by atoms with van der Waals surface area (Å²) in [6, 6.07) is 17.5. The summed E-state index contributed by atoms with van der Waals surface area (Å²) in [5.41, 5.74) is 2.65. The highest BCUT2D eigenvalue weighted by atomic mass is 19.1. The first kappa shape index (κ1) is 18.0. The number of carbonyl (C=O) groups excluding carboxylic acids is 1. The van der Waals surface area contributed by atoms with Gasteiger partial charge in [-0.1, -0.05) is 12.1 Å². The summed E-state index contributed by atoms with van der Waals surface area (Å²) in [7, 11) is 0. The molecular formula is C22H21FN4O. The zero-order valence-electron chi connectivity index (χ0n) is 15.4. The number of pyridine rings is 1. The van der Waals surface area contributed by atoms with E-state index in [9.17, 15) is 9.18 Å². The highest BCUT2D eigenvalue weighted by Crippen LogP contribution is 2.24. The van der Waals surface area contributed by atoms with Gasteiger partial charge in [0.25, 0.3) is 5.91 Å². The molecule has 4 rings (SSSR count). The Labute approximate surface area is 163 Å². The van der Waals surface area contributed by atoms with Gasteiger partial charge in [0.05, 0.1) is 5.69 Å². The lowest BCUT2D eigenvalue weighted by atomic mass is 10.2. The Morgan fingerprint density at radius 3 is 2.50 bits per heavy atom. The zero-order valence-corrected chi connectivity index (χ0v) is 15.4. The minimum absolute atomic E-state index is 0.149. The lowest BCUT2D eigenvalue weighted by Gasteiger charge is -2.18. The second-order valence-electron chi connectivity index (χ2n) is 6.73. The van der Waals surface area contributed by atoms with Gasteiger partial charge in [0.15, 0.2) is 0 Å². The Balaban J connectivity index is 1.44. The molecule has 142 valence electrons. The highest BCUT2D eigenvalue weighted by molar-refractivity contribution is 6.04. The van der Waals surface area contributed by atoms with Gasteiger partial charge in [-0.05, 0) is 61.4 Å². The monoisotopic (exact) mass is 376 g/mol. The maximum Gasteiger partial charge on any atom is 0.255 e. The molecule has 0 radical (unpaired) electrons. The van der Waals surface area contributed by atoms with Gasteiger partial charge in [0, 0.05) is 36.2 Å². The summed E-state index contributed by atoms with van der Waals surface area (Å²) in [6.07, 6.45) is 4.04. The number of nitrogens with zero attached hydrogens (tertiary/aromatic N) is 2. The van der Waals surface area contributed by atoms with E-state index in [2.05, 4.69) is 32.7 Å². The van der Waals surface area contributed by atoms with E-state index in [-0.39, 0.29) is 11.6 Å². The number of anilines is 4. The standard InChI is InChI=1S/C22H21FN4O/c23-19-5-1-2-6-20(19)26-22(28)16-11-12-24-21(15-16)25-17-7-9-18(10-8-17)27-13-3-4-14-27/h1-2,5-12,15H,3-4,13-14H2,(H,24,25)(H,26,28). The number of halogens is 1. The average molecular weight is 376 g/mol. The minimum Gasteiger partial charge on any atom is -0.372 e. The van der Waals surface area contributed by atoms with Crippen LogP contribution in [0.4, 0.5) is 27.3 Å². The molecule has 1 aliphatic heterocycles. The molecule has 0 unspecified atom stereocenters. The van der Waals surface area contributed by atoms with Crippen molar-refractivity contribution < 1.29 is 9.18 Å². The molecule has 1 amide bonds. The van der Waals surface area contributed by atoms with Gasteiger partial charge >= 0.3 is 0 Å². The third-order valence-electron chi connectivity index (χ3n) is 4.76. The van der Waals surface area contributed by atoms with Crippen molar-refractivity contribution >= 4 is 28.8 Å². The lowest BCUT2D eigenvalue weighted by Crippen LogP contribution is -2.17. The summed E-state index contributed by atoms with van der Waals surface area (Å²) in [4.78, 5) is 19.1. The van der Waals surface area contributed by atoms with Gasteiger partial charge in [-0.2, -0.15) is 0 Å². The van der Waals surface area contributed by atoms with Crippen molar-refractivity contribution in [2.45, 2.75) is 12.8 Å². The van der Waals surface area contributed by atoms with Crippen LogP contribution in [0.15, 0.2) is 66.9 Å². The SMILES string of the molecule is O=C(Nc1ccccc1F)c1ccnc(Nc2ccc(N3CCCC3)cc2)c1. The van der Waals surface area contributed by atoms with Crippen LogP contribution < -0.4 is 15.5 Å². The number of benzene rings is 2. The largest absolute Gasteiger partial charge is 0.372 e. The van der Waals surface area contributed by atoms with Crippen molar-refractivity contribution in [1.82, 2.24) is 4.98 Å². The fourth-order valence-electron chi connectivity index (χ4n) is 3.28. The molecule has 3 aromatic rings. The molecule has 1 aliphatic rings. The van der Waals surface area contributed by atoms with Crippen molar-refractivity contribution in [2.24, 2.45) is 0 Å². The van der Waals surface area contributed by atoms with Crippen LogP contribution in [-0.2, 0) is 0 Å². The first-order valence-electron chi connectivity index (χ1n) is 9.33. The normalized spacial score (nSPS) is 13.4. The summed E-state index contributed by atoms with van der Waals surface area (Å²) in [5.74, 6) is -0.309. The zero-order chi connectivity index (χ0) is 19.3. The molecule has 0 saturated carbocycles. The quantitative estimate of drug-likeness (QED) is 0.670. The van der Waals surface area contributed by atoms with Crippen LogP contribution in [0.3, 0.4) is 0 Å². The van der Waals surface area contributed by atoms with E-state index in [1.54, 1.807) is 30.5 Å². The summed E-state index contributed by atoms with van der Waals surface area (Å²) in [6.45, 7) is 2.21. The number of hydrogen-bond donors (Lipinski definition) is 2. The lowest BCUT2D eigenvalue weighted by molar-refractivity contribution is 0.102. The second-order valence-corrected chi connectivity index (χ2v) is 6.73. The summed E-state index contributed by atoms with van der Waals surface area (Å²) in [5, 5.41) is 5.79. The molecule has 0 aliphatic carbocycles. The van der Waals surface area contributed by atoms with Gasteiger partial charge in [-0.15, -0.1) is 0 Å². The Morgan fingerprint density at radius 2 is 1.75 bits per heavy atom. The maximum absolute atomic E-state index is 13.7. The summed E-state index contributed by atoms with van der Waals surface area (Å²) < 4.78 is 13.7. The number of carbonyl (C=O) groups is 1. The predicted molar refractivity (Wildman–Crippen MR) is 110 cm³/mol. The van der Waals surface area contributed by atoms with Crippen LogP contribution in [-0.4, -0.2) is 24.0 Å². The smallest absolute Gasteiger partial charge is 0.255 e. The minimum atomic E-state index is -0.471. The predicted octanol–water partition coefficient (Wildman–Crippen LogP) is 4.82. The van der Waals surface area contributed by atoms with E-state index in [0.29, 0.717) is 11.4 Å². The molecule has 28 heavy (non-hydrogen) atoms. The molecular weight excluding hydrogens is 355 g/mol. The number of rotatable bonds is 5. The van der Waals surface area contributed by atoms with Gasteiger partial charge in [-0.25, -0.2) is 9.37 Å². The van der Waals surface area contributed by atoms with E-state index in [0.717, 1.165) is 18.8 Å². The molecule has 2 aromatic carbocycles. The van der Waals surface area contributed by atoms with Crippen molar-refractivity contribution in [2.75, 3.05) is 28.6 Å². The third kappa shape index (κ3) is 4.11. The number of amides is 1. The third-order valence-corrected chi connectivity index (χ3v) is 4.76. The van der Waals surface area contributed by atoms with Gasteiger partial charge < -0.3 is 15.5 Å². The number of hydrogen-bond acceptors (Lipinski definition) is 4. The molecule has 5 nitrogen and oxygen atoms in total. The Bertz CT molecular complexity index is 968. The molecule has 1 fully saturated rings.